The molecule has 3 N–H and O–H groups in total. The van der Waals surface area contributed by atoms with Gasteiger partial charge in [-0.2, -0.15) is 13.2 Å². The maximum absolute atomic E-state index is 12.3. The van der Waals surface area contributed by atoms with E-state index in [9.17, 15) is 18.3 Å². The quantitative estimate of drug-likeness (QED) is 0.816. The molecule has 1 aromatic carbocycles. The van der Waals surface area contributed by atoms with Crippen molar-refractivity contribution in [2.45, 2.75) is 12.2 Å². The summed E-state index contributed by atoms with van der Waals surface area (Å²) >= 11 is 5.96. The Morgan fingerprint density at radius 3 is 2.20 bits per heavy atom. The number of aromatic hydroxyl groups is 1. The molecule has 0 spiro atoms. The van der Waals surface area contributed by atoms with E-state index in [1.165, 1.54) is 6.07 Å². The number of hydrogen-bond donors (Lipinski definition) is 2. The van der Waals surface area contributed by atoms with Gasteiger partial charge in [0.1, 0.15) is 11.8 Å². The van der Waals surface area contributed by atoms with Crippen LogP contribution < -0.4 is 5.73 Å². The number of phenols is 1. The molecular formula is C8H6Br2F3NO. The molecule has 0 aromatic heterocycles. The summed E-state index contributed by atoms with van der Waals surface area (Å²) in [5.41, 5.74) is 4.62. The van der Waals surface area contributed by atoms with E-state index in [2.05, 4.69) is 31.9 Å². The SMILES string of the molecule is N[C@H](c1c(O)cc(Br)cc1Br)C(F)(F)F. The zero-order valence-electron chi connectivity index (χ0n) is 7.15. The number of halogens is 5. The first kappa shape index (κ1) is 12.8. The van der Waals surface area contributed by atoms with Crippen molar-refractivity contribution in [2.75, 3.05) is 0 Å². The van der Waals surface area contributed by atoms with Crippen molar-refractivity contribution in [1.82, 2.24) is 0 Å². The molecule has 0 aliphatic heterocycles. The summed E-state index contributed by atoms with van der Waals surface area (Å²) in [6.07, 6.45) is -4.59. The second-order valence-corrected chi connectivity index (χ2v) is 4.61. The Bertz CT molecular complexity index is 358. The molecule has 0 radical (unpaired) electrons. The number of phenolic OH excluding ortho intramolecular Hbond substituents is 1. The van der Waals surface area contributed by atoms with Crippen LogP contribution in [0, 0.1) is 0 Å². The van der Waals surface area contributed by atoms with E-state index in [0.717, 1.165) is 6.07 Å². The Kier molecular flexibility index (Phi) is 3.67. The summed E-state index contributed by atoms with van der Waals surface area (Å²) in [6.45, 7) is 0. The molecule has 0 aliphatic carbocycles. The minimum absolute atomic E-state index is 0.110. The van der Waals surface area contributed by atoms with Gasteiger partial charge in [-0.05, 0) is 12.1 Å². The van der Waals surface area contributed by atoms with E-state index >= 15 is 0 Å². The Morgan fingerprint density at radius 2 is 1.80 bits per heavy atom. The summed E-state index contributed by atoms with van der Waals surface area (Å²) in [7, 11) is 0. The van der Waals surface area contributed by atoms with Gasteiger partial charge in [-0.3, -0.25) is 0 Å². The molecule has 0 bridgehead atoms. The van der Waals surface area contributed by atoms with Crippen molar-refractivity contribution in [1.29, 1.82) is 0 Å². The van der Waals surface area contributed by atoms with Gasteiger partial charge in [-0.15, -0.1) is 0 Å². The zero-order valence-corrected chi connectivity index (χ0v) is 10.3. The molecule has 0 aliphatic rings. The first-order chi connectivity index (χ1) is 6.73. The number of benzene rings is 1. The van der Waals surface area contributed by atoms with E-state index in [-0.39, 0.29) is 10.0 Å². The third-order valence-corrected chi connectivity index (χ3v) is 2.85. The molecule has 0 fully saturated rings. The van der Waals surface area contributed by atoms with Crippen LogP contribution in [0.3, 0.4) is 0 Å². The van der Waals surface area contributed by atoms with Crippen LogP contribution >= 0.6 is 31.9 Å². The summed E-state index contributed by atoms with van der Waals surface area (Å²) in [6, 6.07) is 0.340. The van der Waals surface area contributed by atoms with Crippen molar-refractivity contribution in [3.63, 3.8) is 0 Å². The summed E-state index contributed by atoms with van der Waals surface area (Å²) in [5, 5.41) is 9.37. The Hall–Kier alpha value is -0.270. The lowest BCUT2D eigenvalue weighted by Crippen LogP contribution is -2.28. The first-order valence-corrected chi connectivity index (χ1v) is 5.32. The number of alkyl halides is 3. The van der Waals surface area contributed by atoms with Crippen LogP contribution in [-0.2, 0) is 0 Å². The van der Waals surface area contributed by atoms with Crippen LogP contribution in [0.25, 0.3) is 0 Å². The van der Waals surface area contributed by atoms with E-state index in [1.807, 2.05) is 0 Å². The van der Waals surface area contributed by atoms with Crippen molar-refractivity contribution in [2.24, 2.45) is 5.73 Å². The van der Waals surface area contributed by atoms with Crippen molar-refractivity contribution >= 4 is 31.9 Å². The van der Waals surface area contributed by atoms with Crippen LogP contribution in [0.1, 0.15) is 11.6 Å². The third-order valence-electron chi connectivity index (χ3n) is 1.74. The largest absolute Gasteiger partial charge is 0.508 e. The molecule has 1 aromatic rings. The van der Waals surface area contributed by atoms with Crippen molar-refractivity contribution in [3.8, 4) is 5.75 Å². The lowest BCUT2D eigenvalue weighted by atomic mass is 10.1. The van der Waals surface area contributed by atoms with E-state index in [1.54, 1.807) is 0 Å². The van der Waals surface area contributed by atoms with Gasteiger partial charge in [0, 0.05) is 14.5 Å². The molecule has 84 valence electrons. The minimum atomic E-state index is -4.59. The zero-order chi connectivity index (χ0) is 11.8. The summed E-state index contributed by atoms with van der Waals surface area (Å²) in [5.74, 6) is -0.499. The smallest absolute Gasteiger partial charge is 0.407 e. The highest BCUT2D eigenvalue weighted by Gasteiger charge is 2.40. The second-order valence-electron chi connectivity index (χ2n) is 2.84. The molecular weight excluding hydrogens is 343 g/mol. The van der Waals surface area contributed by atoms with Gasteiger partial charge < -0.3 is 10.8 Å². The van der Waals surface area contributed by atoms with Crippen LogP contribution in [0.4, 0.5) is 13.2 Å². The normalized spacial score (nSPS) is 14.0. The number of hydrogen-bond acceptors (Lipinski definition) is 2. The maximum atomic E-state index is 12.3. The topological polar surface area (TPSA) is 46.2 Å². The van der Waals surface area contributed by atoms with Gasteiger partial charge in [0.15, 0.2) is 0 Å². The summed E-state index contributed by atoms with van der Waals surface area (Å²) in [4.78, 5) is 0. The standard InChI is InChI=1S/C8H6Br2F3NO/c9-3-1-4(10)6(5(15)2-3)7(14)8(11,12)13/h1-2,7,15H,14H2/t7-/m1/s1. The van der Waals surface area contributed by atoms with Gasteiger partial charge >= 0.3 is 6.18 Å². The fraction of sp³-hybridized carbons (Fsp3) is 0.250. The Balaban J connectivity index is 3.26. The van der Waals surface area contributed by atoms with Gasteiger partial charge in [-0.1, -0.05) is 31.9 Å². The average molecular weight is 349 g/mol. The lowest BCUT2D eigenvalue weighted by molar-refractivity contribution is -0.149. The highest BCUT2D eigenvalue weighted by molar-refractivity contribution is 9.11. The molecule has 7 heteroatoms. The third kappa shape index (κ3) is 2.85. The molecule has 0 heterocycles. The fourth-order valence-electron chi connectivity index (χ4n) is 1.04. The summed E-state index contributed by atoms with van der Waals surface area (Å²) < 4.78 is 37.6. The fourth-order valence-corrected chi connectivity index (χ4v) is 2.49. The predicted molar refractivity (Wildman–Crippen MR) is 56.5 cm³/mol. The van der Waals surface area contributed by atoms with Gasteiger partial charge in [0.05, 0.1) is 0 Å². The van der Waals surface area contributed by atoms with Gasteiger partial charge in [0.25, 0.3) is 0 Å². The lowest BCUT2D eigenvalue weighted by Gasteiger charge is -2.18. The Labute approximate surface area is 101 Å². The van der Waals surface area contributed by atoms with Crippen LogP contribution in [0.5, 0.6) is 5.75 Å². The van der Waals surface area contributed by atoms with Crippen molar-refractivity contribution < 1.29 is 18.3 Å². The average Bonchev–Trinajstić information content (AvgIpc) is 1.99. The van der Waals surface area contributed by atoms with Crippen LogP contribution in [0.2, 0.25) is 0 Å². The van der Waals surface area contributed by atoms with Crippen LogP contribution in [-0.4, -0.2) is 11.3 Å². The van der Waals surface area contributed by atoms with Gasteiger partial charge in [0.2, 0.25) is 0 Å². The van der Waals surface area contributed by atoms with Crippen LogP contribution in [0.15, 0.2) is 21.1 Å². The number of nitrogens with two attached hydrogens (primary N) is 1. The molecule has 2 nitrogen and oxygen atoms in total. The molecule has 0 saturated carbocycles. The van der Waals surface area contributed by atoms with E-state index in [4.69, 9.17) is 5.73 Å². The molecule has 1 atom stereocenters. The van der Waals surface area contributed by atoms with E-state index in [0.29, 0.717) is 4.47 Å². The highest BCUT2D eigenvalue weighted by Crippen LogP contribution is 2.40. The highest BCUT2D eigenvalue weighted by atomic mass is 79.9. The molecule has 1 rings (SSSR count). The molecule has 0 amide bonds. The van der Waals surface area contributed by atoms with Crippen molar-refractivity contribution in [3.05, 3.63) is 26.6 Å². The van der Waals surface area contributed by atoms with E-state index < -0.39 is 18.0 Å². The first-order valence-electron chi connectivity index (χ1n) is 3.73. The maximum Gasteiger partial charge on any atom is 0.407 e. The molecule has 0 saturated heterocycles. The minimum Gasteiger partial charge on any atom is -0.508 e. The molecule has 15 heavy (non-hydrogen) atoms. The second kappa shape index (κ2) is 4.31. The number of rotatable bonds is 1. The van der Waals surface area contributed by atoms with Gasteiger partial charge in [-0.25, -0.2) is 0 Å². The molecule has 0 unspecified atom stereocenters. The Morgan fingerprint density at radius 1 is 1.27 bits per heavy atom. The monoisotopic (exact) mass is 347 g/mol. The predicted octanol–water partition coefficient (Wildman–Crippen LogP) is 3.48.